The van der Waals surface area contributed by atoms with Crippen molar-refractivity contribution >= 4 is 48.0 Å². The second kappa shape index (κ2) is 73.6. The SMILES string of the molecule is C.C.C.C.C.C.CNC(=O)NC.CNC(=O)OC.CNC(C)=O.CNC(C)=O.COC(=O)CC(=O)OC.COC(=O)OC.COC(C)=O. The third-order valence-corrected chi connectivity index (χ3v) is 2.91. The molecule has 0 aliphatic heterocycles. The zero-order valence-electron chi connectivity index (χ0n) is 26.9. The van der Waals surface area contributed by atoms with Crippen molar-refractivity contribution < 1.29 is 66.8 Å². The Labute approximate surface area is 291 Å². The summed E-state index contributed by atoms with van der Waals surface area (Å²) in [6.45, 7) is 4.31. The highest BCUT2D eigenvalue weighted by Crippen LogP contribution is 1.85. The molecule has 0 saturated heterocycles. The molecule has 0 aliphatic carbocycles. The Bertz CT molecular complexity index is 636. The van der Waals surface area contributed by atoms with E-state index in [-0.39, 0.29) is 74.8 Å². The van der Waals surface area contributed by atoms with E-state index >= 15 is 0 Å². The van der Waals surface area contributed by atoms with Gasteiger partial charge in [0, 0.05) is 56.0 Å². The van der Waals surface area contributed by atoms with E-state index in [4.69, 9.17) is 0 Å². The third-order valence-electron chi connectivity index (χ3n) is 2.91. The van der Waals surface area contributed by atoms with Crippen LogP contribution in [-0.4, -0.2) is 126 Å². The molecule has 0 aliphatic rings. The maximum absolute atomic E-state index is 10.3. The molecule has 0 aromatic carbocycles. The number of hydrogen-bond donors (Lipinski definition) is 5. The molecule has 0 aromatic rings. The first kappa shape index (κ1) is 84.3. The van der Waals surface area contributed by atoms with Crippen LogP contribution in [0.2, 0.25) is 0 Å². The molecule has 0 fully saturated rings. The predicted octanol–water partition coefficient (Wildman–Crippen LogP) is 3.14. The summed E-state index contributed by atoms with van der Waals surface area (Å²) in [6.07, 6.45) is -1.38. The first-order chi connectivity index (χ1) is 19.4. The lowest BCUT2D eigenvalue weighted by molar-refractivity contribution is -0.151. The fraction of sp³-hybridized carbons (Fsp3) is 0.724. The average Bonchev–Trinajstić information content (AvgIpc) is 3.00. The fourth-order valence-corrected chi connectivity index (χ4v) is 0.573. The molecule has 0 unspecified atom stereocenters. The molecule has 5 amide bonds. The van der Waals surface area contributed by atoms with E-state index in [9.17, 15) is 38.4 Å². The van der Waals surface area contributed by atoms with Gasteiger partial charge in [-0.05, 0) is 0 Å². The van der Waals surface area contributed by atoms with E-state index in [1.165, 1.54) is 70.5 Å². The number of urea groups is 1. The number of amides is 5. The van der Waals surface area contributed by atoms with Crippen LogP contribution in [-0.2, 0) is 52.4 Å². The number of rotatable bonds is 2. The molecule has 19 heteroatoms. The molecule has 5 N–H and O–H groups in total. The highest BCUT2D eigenvalue weighted by molar-refractivity contribution is 5.90. The standard InChI is InChI=1S/C5H8O4.C3H8N2O.C3H7NO2.2C3H7NO.C3H6O3.C3H6O2.6CH4/c1-8-4(6)3-5(7)9-2;1-4-3(6)5-2;1-4-3(5)6-2;2*1-3(5)4-2;1-5-3(4)6-2;1-3(4)5-2;;;;;;/h3H2,1-2H3;1-2H3,(H2,4,5,6);1-2H3,(H,4,5);2*1-2H3,(H,4,5);1-2H3;1-2H3;6*1H4. The van der Waals surface area contributed by atoms with Gasteiger partial charge in [-0.3, -0.25) is 24.0 Å². The van der Waals surface area contributed by atoms with Crippen LogP contribution in [0.25, 0.3) is 0 Å². The molecular weight excluding hydrogens is 642 g/mol. The summed E-state index contributed by atoms with van der Waals surface area (Å²) in [5, 5.41) is 11.8. The maximum atomic E-state index is 10.3. The lowest BCUT2D eigenvalue weighted by atomic mass is 10.4. The molecule has 0 rings (SSSR count). The van der Waals surface area contributed by atoms with E-state index in [1.54, 1.807) is 28.2 Å². The Hall–Kier alpha value is -4.84. The second-order valence-corrected chi connectivity index (χ2v) is 5.87. The molecule has 0 spiro atoms. The smallest absolute Gasteiger partial charge is 0.469 e. The van der Waals surface area contributed by atoms with E-state index < -0.39 is 24.2 Å². The zero-order valence-corrected chi connectivity index (χ0v) is 26.9. The van der Waals surface area contributed by atoms with Crippen molar-refractivity contribution in [2.45, 2.75) is 71.8 Å². The normalized spacial score (nSPS) is 6.29. The number of methoxy groups -OCH3 is 6. The summed E-state index contributed by atoms with van der Waals surface area (Å²) in [5.74, 6) is -1.40. The minimum Gasteiger partial charge on any atom is -0.469 e. The Morgan fingerprint density at radius 2 is 0.667 bits per heavy atom. The van der Waals surface area contributed by atoms with E-state index in [1.807, 2.05) is 0 Å². The molecule has 0 radical (unpaired) electrons. The summed E-state index contributed by atoms with van der Waals surface area (Å²) in [6, 6.07) is -0.157. The maximum Gasteiger partial charge on any atom is 0.507 e. The zero-order chi connectivity index (χ0) is 35.1. The van der Waals surface area contributed by atoms with Gasteiger partial charge in [-0.2, -0.15) is 0 Å². The molecule has 0 bridgehead atoms. The Morgan fingerprint density at radius 3 is 0.708 bits per heavy atom. The van der Waals surface area contributed by atoms with Crippen molar-refractivity contribution in [1.82, 2.24) is 26.6 Å². The van der Waals surface area contributed by atoms with E-state index in [2.05, 4.69) is 55.0 Å². The number of carbonyl (C=O) groups excluding carboxylic acids is 8. The molecule has 0 heterocycles. The molecule has 0 atom stereocenters. The van der Waals surface area contributed by atoms with Gasteiger partial charge in [-0.25, -0.2) is 14.4 Å². The summed E-state index contributed by atoms with van der Waals surface area (Å²) in [5.41, 5.74) is 0. The molecule has 48 heavy (non-hydrogen) atoms. The molecular formula is C29H73N5O14. The Morgan fingerprint density at radius 1 is 0.417 bits per heavy atom. The highest BCUT2D eigenvalue weighted by Gasteiger charge is 2.07. The highest BCUT2D eigenvalue weighted by atomic mass is 16.7. The number of esters is 3. The van der Waals surface area contributed by atoms with Gasteiger partial charge < -0.3 is 55.0 Å². The topological polar surface area (TPSA) is 252 Å². The van der Waals surface area contributed by atoms with E-state index in [0.29, 0.717) is 0 Å². The van der Waals surface area contributed by atoms with Gasteiger partial charge in [0.15, 0.2) is 0 Å². The van der Waals surface area contributed by atoms with Gasteiger partial charge >= 0.3 is 36.2 Å². The van der Waals surface area contributed by atoms with Gasteiger partial charge in [-0.1, -0.05) is 44.6 Å². The lowest BCUT2D eigenvalue weighted by Crippen LogP contribution is -2.28. The van der Waals surface area contributed by atoms with Crippen LogP contribution in [0, 0.1) is 0 Å². The van der Waals surface area contributed by atoms with Crippen LogP contribution in [0.1, 0.15) is 71.8 Å². The number of nitrogens with one attached hydrogen (secondary N) is 5. The van der Waals surface area contributed by atoms with Crippen LogP contribution >= 0.6 is 0 Å². The van der Waals surface area contributed by atoms with Gasteiger partial charge in [0.2, 0.25) is 11.8 Å². The molecule has 298 valence electrons. The largest absolute Gasteiger partial charge is 0.507 e. The molecule has 0 aromatic heterocycles. The van der Waals surface area contributed by atoms with Gasteiger partial charge in [0.25, 0.3) is 0 Å². The quantitative estimate of drug-likeness (QED) is 0.157. The second-order valence-electron chi connectivity index (χ2n) is 5.87. The first-order valence-corrected chi connectivity index (χ1v) is 11.3. The lowest BCUT2D eigenvalue weighted by Gasteiger charge is -1.95. The minimum atomic E-state index is -0.657. The predicted molar refractivity (Wildman–Crippen MR) is 191 cm³/mol. The molecule has 19 nitrogen and oxygen atoms in total. The van der Waals surface area contributed by atoms with Crippen LogP contribution in [0.4, 0.5) is 14.4 Å². The third kappa shape index (κ3) is 148. The monoisotopic (exact) mass is 716 g/mol. The number of hydrogen-bond acceptors (Lipinski definition) is 14. The van der Waals surface area contributed by atoms with Gasteiger partial charge in [-0.15, -0.1) is 0 Å². The van der Waals surface area contributed by atoms with Crippen LogP contribution < -0.4 is 26.6 Å². The van der Waals surface area contributed by atoms with Crippen molar-refractivity contribution in [2.24, 2.45) is 0 Å². The summed E-state index contributed by atoms with van der Waals surface area (Å²) in [4.78, 5) is 79.1. The van der Waals surface area contributed by atoms with Crippen molar-refractivity contribution in [2.75, 3.05) is 77.9 Å². The van der Waals surface area contributed by atoms with Crippen LogP contribution in [0.5, 0.6) is 0 Å². The minimum absolute atomic E-state index is 0. The number of alkyl carbamates (subject to hydrolysis) is 1. The number of carbonyl (C=O) groups is 8. The van der Waals surface area contributed by atoms with Crippen LogP contribution in [0.15, 0.2) is 0 Å². The Balaban J connectivity index is -0.0000000268. The van der Waals surface area contributed by atoms with Crippen molar-refractivity contribution in [3.05, 3.63) is 0 Å². The summed E-state index contributed by atoms with van der Waals surface area (Å²) >= 11 is 0. The summed E-state index contributed by atoms with van der Waals surface area (Å²) in [7, 11) is 15.4. The average molecular weight is 716 g/mol. The van der Waals surface area contributed by atoms with Crippen molar-refractivity contribution in [3.8, 4) is 0 Å². The fourth-order valence-electron chi connectivity index (χ4n) is 0.573. The van der Waals surface area contributed by atoms with Crippen molar-refractivity contribution in [3.63, 3.8) is 0 Å². The van der Waals surface area contributed by atoms with Crippen molar-refractivity contribution in [1.29, 1.82) is 0 Å². The molecule has 0 saturated carbocycles. The van der Waals surface area contributed by atoms with Gasteiger partial charge in [0.05, 0.1) is 42.7 Å². The first-order valence-electron chi connectivity index (χ1n) is 11.3. The summed E-state index contributed by atoms with van der Waals surface area (Å²) < 4.78 is 24.7. The van der Waals surface area contributed by atoms with Crippen LogP contribution in [0.3, 0.4) is 0 Å². The Kier molecular flexibility index (Phi) is 129. The van der Waals surface area contributed by atoms with E-state index in [0.717, 1.165) is 0 Å². The number of ether oxygens (including phenoxy) is 6. The van der Waals surface area contributed by atoms with Gasteiger partial charge in [0.1, 0.15) is 6.42 Å².